The second-order valence-corrected chi connectivity index (χ2v) is 46.8. The number of carbonyl (C=O) groups excluding carboxylic acids is 6. The van der Waals surface area contributed by atoms with Gasteiger partial charge in [-0.15, -0.1) is 11.6 Å². The molecule has 0 heterocycles. The first-order valence-electron chi connectivity index (χ1n) is 51.4. The molecule has 11 unspecified atom stereocenters. The van der Waals surface area contributed by atoms with E-state index in [1.807, 2.05) is 166 Å². The van der Waals surface area contributed by atoms with Gasteiger partial charge in [0.25, 0.3) is 0 Å². The molecule has 0 spiro atoms. The average molecular weight is 1690 g/mol. The van der Waals surface area contributed by atoms with Crippen molar-refractivity contribution in [2.75, 3.05) is 26.2 Å². The first kappa shape index (κ1) is 105. The summed E-state index contributed by atoms with van der Waals surface area (Å²) >= 11 is 6.79. The molecule has 23 fully saturated rings. The van der Waals surface area contributed by atoms with Crippen molar-refractivity contribution < 1.29 is 33.9 Å². The molecule has 23 aliphatic rings. The van der Waals surface area contributed by atoms with E-state index < -0.39 is 5.60 Å². The molecule has 13 heteroatoms. The molecule has 23 rings (SSSR count). The molecule has 6 N–H and O–H groups in total. The molecule has 23 aliphatic carbocycles. The fourth-order valence-corrected chi connectivity index (χ4v) is 31.4. The Morgan fingerprint density at radius 3 is 0.983 bits per heavy atom. The van der Waals surface area contributed by atoms with Gasteiger partial charge in [0.2, 0.25) is 29.5 Å². The van der Waals surface area contributed by atoms with E-state index in [0.717, 1.165) is 135 Å². The highest BCUT2D eigenvalue weighted by atomic mass is 35.5. The maximum absolute atomic E-state index is 11.8. The topological polar surface area (TPSA) is 183 Å². The smallest absolute Gasteiger partial charge is 0.222 e. The normalized spacial score (nSPS) is 39.3. The van der Waals surface area contributed by atoms with E-state index in [1.54, 1.807) is 0 Å². The van der Waals surface area contributed by atoms with Crippen molar-refractivity contribution in [1.29, 1.82) is 0 Å². The number of carbonyl (C=O) groups is 6. The van der Waals surface area contributed by atoms with Crippen LogP contribution in [-0.2, 0) is 28.8 Å². The van der Waals surface area contributed by atoms with Crippen molar-refractivity contribution in [2.45, 2.75) is 442 Å². The average Bonchev–Trinajstić information content (AvgIpc) is 0.723. The summed E-state index contributed by atoms with van der Waals surface area (Å²) in [6.45, 7) is 63.1. The summed E-state index contributed by atoms with van der Waals surface area (Å²) in [6, 6.07) is 0.353. The number of hydrogen-bond acceptors (Lipinski definition) is 7. The largest absolute Gasteiger partial charge is 0.390 e. The predicted octanol–water partition coefficient (Wildman–Crippen LogP) is 26.0. The fraction of sp³-hybridized carbons (Fsp3) is 0.943. The molecule has 0 aromatic heterocycles. The molecule has 692 valence electrons. The van der Waals surface area contributed by atoms with Crippen LogP contribution in [0.25, 0.3) is 0 Å². The lowest BCUT2D eigenvalue weighted by Gasteiger charge is -2.62. The third-order valence-corrected chi connectivity index (χ3v) is 33.7. The molecule has 0 radical (unpaired) electrons. The molecule has 22 bridgehead atoms. The Bertz CT molecular complexity index is 2850. The zero-order valence-electron chi connectivity index (χ0n) is 83.1. The lowest BCUT2D eigenvalue weighted by Crippen LogP contribution is -2.58. The number of aliphatic hydroxyl groups is 1. The molecule has 0 saturated heterocycles. The highest BCUT2D eigenvalue weighted by Crippen LogP contribution is 2.69. The molecule has 5 amide bonds. The summed E-state index contributed by atoms with van der Waals surface area (Å²) < 4.78 is 0. The number of ketones is 1. The van der Waals surface area contributed by atoms with Crippen LogP contribution >= 0.6 is 11.6 Å². The zero-order valence-corrected chi connectivity index (χ0v) is 83.9. The molecule has 11 atom stereocenters. The Labute approximate surface area is 739 Å². The van der Waals surface area contributed by atoms with Crippen molar-refractivity contribution in [2.24, 2.45) is 168 Å². The SMILES string of the molecule is CC.CC.CC.CC.CC.CC.CC(C)C(=O)CC1CC2CC(C1C)C2(C)C.CC(C)C(=O)NCC12CC3CC(CC(C)(C3)C1)C2.CC(C)C(=O)NCC12CC3CC(CC(Cl)(C3)C1)C2.CC(C)C(=O)NCC12CC3CC(CC(O)(C3)C1)C2.CC(C)C(=O)NCCC12CC3CC(CC(C3)C1)C2.CC(CC12CC3CC(CC(C3)C1)C2)NC(=O)C(C)C. The minimum Gasteiger partial charge on any atom is -0.390 e. The van der Waals surface area contributed by atoms with Gasteiger partial charge in [0.15, 0.2) is 0 Å². The molecule has 0 aromatic rings. The first-order valence-corrected chi connectivity index (χ1v) is 51.8. The van der Waals surface area contributed by atoms with Gasteiger partial charge in [0.05, 0.1) is 5.60 Å². The molecule has 0 aromatic carbocycles. The monoisotopic (exact) mass is 1680 g/mol. The van der Waals surface area contributed by atoms with Crippen LogP contribution in [0, 0.1) is 168 Å². The second kappa shape index (κ2) is 45.3. The van der Waals surface area contributed by atoms with Gasteiger partial charge in [-0.2, -0.15) is 0 Å². The van der Waals surface area contributed by atoms with Gasteiger partial charge in [-0.25, -0.2) is 0 Å². The van der Waals surface area contributed by atoms with Crippen LogP contribution in [0.2, 0.25) is 0 Å². The Hall–Kier alpha value is -2.73. The van der Waals surface area contributed by atoms with Crippen LogP contribution in [0.1, 0.15) is 426 Å². The Morgan fingerprint density at radius 1 is 0.353 bits per heavy atom. The number of rotatable bonds is 20. The van der Waals surface area contributed by atoms with Gasteiger partial charge in [0.1, 0.15) is 5.78 Å². The summed E-state index contributed by atoms with van der Waals surface area (Å²) in [5.74, 6) is 16.4. The summed E-state index contributed by atoms with van der Waals surface area (Å²) in [5, 5.41) is 26.4. The van der Waals surface area contributed by atoms with E-state index in [-0.39, 0.29) is 75.3 Å². The van der Waals surface area contributed by atoms with E-state index in [0.29, 0.717) is 62.1 Å². The summed E-state index contributed by atoms with van der Waals surface area (Å²) in [6.07, 6.45) is 46.4. The molecular weight excluding hydrogens is 1490 g/mol. The van der Waals surface area contributed by atoms with Crippen molar-refractivity contribution in [3.63, 3.8) is 0 Å². The van der Waals surface area contributed by atoms with Crippen LogP contribution in [-0.4, -0.2) is 83.1 Å². The van der Waals surface area contributed by atoms with Crippen molar-refractivity contribution in [3.05, 3.63) is 0 Å². The van der Waals surface area contributed by atoms with Gasteiger partial charge in [-0.3, -0.25) is 28.8 Å². The number of fused-ring (bicyclic) bond motifs is 2. The Morgan fingerprint density at radius 2 is 0.664 bits per heavy atom. The van der Waals surface area contributed by atoms with E-state index in [2.05, 4.69) is 61.2 Å². The first-order chi connectivity index (χ1) is 56.0. The number of nitrogens with one attached hydrogen (secondary N) is 5. The fourth-order valence-electron chi connectivity index (χ4n) is 30.6. The van der Waals surface area contributed by atoms with Gasteiger partial charge < -0.3 is 31.7 Å². The number of Topliss-reactive ketones (excluding diaryl/α,β-unsaturated/α-hetero) is 1. The van der Waals surface area contributed by atoms with Crippen molar-refractivity contribution in [3.8, 4) is 0 Å². The summed E-state index contributed by atoms with van der Waals surface area (Å²) in [5.41, 5.74) is 2.89. The Kier molecular flexibility index (Phi) is 40.0. The number of amides is 5. The van der Waals surface area contributed by atoms with E-state index in [1.165, 1.54) is 193 Å². The van der Waals surface area contributed by atoms with Crippen LogP contribution in [0.4, 0.5) is 0 Å². The summed E-state index contributed by atoms with van der Waals surface area (Å²) in [7, 11) is 0. The van der Waals surface area contributed by atoms with Crippen molar-refractivity contribution >= 4 is 46.9 Å². The Balaban J connectivity index is 0.000000216. The highest BCUT2D eigenvalue weighted by molar-refractivity contribution is 6.24. The van der Waals surface area contributed by atoms with Gasteiger partial charge >= 0.3 is 0 Å². The minimum atomic E-state index is -0.410. The standard InChI is InChI=1S/C17H29NO.2C16H27NO.C15H24ClNO.C15H25NO2.C15H26O.6C2H6/c1-11(2)16(19)18-12(3)7-17-8-13-4-14(9-17)6-15(5-13)10-17;1-11(2)14(18)17-10-16-7-12-4-13(8-16)6-15(3,5-12)9-16;1-11(2)15(18)17-4-3-16-8-12-5-13(9-16)7-14(6-12)10-16;1-10(2)13(18)17-9-14-4-11-3-12(5-14)7-15(16,6-11)8-14;1-10(2)13(17)16-9-14-4-11-3-12(5-14)7-15(18,6-11)8-14;1-9(2)14(16)7-11-6-12-8-13(10(11)3)15(12,4)5;6*1-2/h11-15H,4-10H2,1-3H3,(H,18,19);11-13H,4-10H2,1-3H3,(H,17,18);11-14H,3-10H2,1-2H3,(H,17,18);10-12H,3-9H2,1-2H3,(H,17,18);10-12,18H,3-9H2,1-2H3,(H,16,17);9-13H,6-8H2,1-5H3;6*1-2H3. The molecule has 12 nitrogen and oxygen atoms in total. The van der Waals surface area contributed by atoms with Crippen molar-refractivity contribution in [1.82, 2.24) is 26.6 Å². The van der Waals surface area contributed by atoms with E-state index in [9.17, 15) is 33.9 Å². The molecule has 0 aliphatic heterocycles. The third-order valence-electron chi connectivity index (χ3n) is 33.3. The van der Waals surface area contributed by atoms with Crippen LogP contribution in [0.15, 0.2) is 0 Å². The highest BCUT2D eigenvalue weighted by Gasteiger charge is 2.61. The second-order valence-electron chi connectivity index (χ2n) is 46.0. The van der Waals surface area contributed by atoms with Crippen LogP contribution in [0.3, 0.4) is 0 Å². The minimum absolute atomic E-state index is 0.0574. The number of hydrogen-bond donors (Lipinski definition) is 6. The number of halogens is 1. The summed E-state index contributed by atoms with van der Waals surface area (Å²) in [4.78, 5) is 70.7. The lowest BCUT2D eigenvalue weighted by atomic mass is 9.43. The third kappa shape index (κ3) is 27.7. The lowest BCUT2D eigenvalue weighted by molar-refractivity contribution is -0.163. The predicted molar refractivity (Wildman–Crippen MR) is 502 cm³/mol. The van der Waals surface area contributed by atoms with E-state index >= 15 is 0 Å². The van der Waals surface area contributed by atoms with Gasteiger partial charge in [-0.1, -0.05) is 194 Å². The van der Waals surface area contributed by atoms with Gasteiger partial charge in [0, 0.05) is 79.0 Å². The van der Waals surface area contributed by atoms with E-state index in [4.69, 9.17) is 11.6 Å². The molecular formula is C106H194ClN5O7. The number of alkyl halides is 1. The molecule has 119 heavy (non-hydrogen) atoms. The zero-order chi connectivity index (χ0) is 89.4. The van der Waals surface area contributed by atoms with Crippen LogP contribution in [0.5, 0.6) is 0 Å². The van der Waals surface area contributed by atoms with Crippen LogP contribution < -0.4 is 26.6 Å². The maximum atomic E-state index is 11.8. The molecule has 23 saturated carbocycles. The maximum Gasteiger partial charge on any atom is 0.222 e. The van der Waals surface area contributed by atoms with Gasteiger partial charge in [-0.05, 0) is 358 Å². The quantitative estimate of drug-likeness (QED) is 0.0656.